The lowest BCUT2D eigenvalue weighted by atomic mass is 9.85. The average molecular weight is 328 g/mol. The number of hydrogen-bond acceptors (Lipinski definition) is 3. The monoisotopic (exact) mass is 328 g/mol. The molecule has 23 heavy (non-hydrogen) atoms. The Kier molecular flexibility index (Phi) is 6.41. The van der Waals surface area contributed by atoms with E-state index in [0.717, 1.165) is 11.1 Å². The Morgan fingerprint density at radius 2 is 1.35 bits per heavy atom. The maximum atomic E-state index is 12.7. The Labute approximate surface area is 141 Å². The van der Waals surface area contributed by atoms with Crippen molar-refractivity contribution in [1.29, 1.82) is 0 Å². The lowest BCUT2D eigenvalue weighted by Gasteiger charge is -2.19. The zero-order valence-corrected chi connectivity index (χ0v) is 13.7. The van der Waals surface area contributed by atoms with E-state index in [1.54, 1.807) is 0 Å². The van der Waals surface area contributed by atoms with Crippen LogP contribution in [0.4, 0.5) is 0 Å². The summed E-state index contributed by atoms with van der Waals surface area (Å²) in [6.45, 7) is 0. The minimum absolute atomic E-state index is 0.216. The summed E-state index contributed by atoms with van der Waals surface area (Å²) in [5.41, 5.74) is 1.87. The van der Waals surface area contributed by atoms with Crippen molar-refractivity contribution in [3.05, 3.63) is 71.8 Å². The number of carboxylic acid groups (broad SMARTS) is 1. The van der Waals surface area contributed by atoms with Crippen LogP contribution in [-0.4, -0.2) is 22.6 Å². The second-order valence-electron chi connectivity index (χ2n) is 5.55. The smallest absolute Gasteiger partial charge is 0.314 e. The fraction of sp³-hybridized carbons (Fsp3) is 0.263. The molecule has 2 atom stereocenters. The van der Waals surface area contributed by atoms with Gasteiger partial charge in [-0.25, -0.2) is 0 Å². The fourth-order valence-corrected chi connectivity index (χ4v) is 2.91. The van der Waals surface area contributed by atoms with Gasteiger partial charge in [-0.3, -0.25) is 9.59 Å². The van der Waals surface area contributed by atoms with Gasteiger partial charge in [0.15, 0.2) is 5.78 Å². The van der Waals surface area contributed by atoms with Crippen LogP contribution in [0.5, 0.6) is 0 Å². The summed E-state index contributed by atoms with van der Waals surface area (Å²) >= 11 is 4.26. The number of Topliss-reactive ketones (excluding diaryl/α,β-unsaturated/α-hetero) is 1. The highest BCUT2D eigenvalue weighted by Gasteiger charge is 2.31. The summed E-state index contributed by atoms with van der Waals surface area (Å²) in [7, 11) is 0. The summed E-state index contributed by atoms with van der Waals surface area (Å²) < 4.78 is 0. The first-order valence-corrected chi connectivity index (χ1v) is 8.20. The van der Waals surface area contributed by atoms with Crippen LogP contribution < -0.4 is 0 Å². The molecule has 0 amide bonds. The Morgan fingerprint density at radius 1 is 0.870 bits per heavy atom. The molecule has 0 heterocycles. The topological polar surface area (TPSA) is 54.4 Å². The fourth-order valence-electron chi connectivity index (χ4n) is 2.60. The van der Waals surface area contributed by atoms with E-state index < -0.39 is 17.8 Å². The van der Waals surface area contributed by atoms with Gasteiger partial charge in [-0.1, -0.05) is 60.7 Å². The highest BCUT2D eigenvalue weighted by molar-refractivity contribution is 7.80. The first-order chi connectivity index (χ1) is 11.1. The van der Waals surface area contributed by atoms with Crippen LogP contribution in [0.1, 0.15) is 11.1 Å². The largest absolute Gasteiger partial charge is 0.481 e. The summed E-state index contributed by atoms with van der Waals surface area (Å²) in [5, 5.41) is 9.47. The minimum Gasteiger partial charge on any atom is -0.481 e. The van der Waals surface area contributed by atoms with Crippen LogP contribution in [0, 0.1) is 11.8 Å². The van der Waals surface area contributed by atoms with E-state index in [1.165, 1.54) is 0 Å². The second-order valence-corrected chi connectivity index (χ2v) is 5.92. The Morgan fingerprint density at radius 3 is 1.78 bits per heavy atom. The molecule has 0 radical (unpaired) electrons. The van der Waals surface area contributed by atoms with Gasteiger partial charge in [-0.2, -0.15) is 12.6 Å². The third kappa shape index (κ3) is 4.96. The van der Waals surface area contributed by atoms with Crippen molar-refractivity contribution < 1.29 is 14.7 Å². The number of aliphatic carboxylic acids is 1. The molecular weight excluding hydrogens is 308 g/mol. The number of rotatable bonds is 8. The van der Waals surface area contributed by atoms with Gasteiger partial charge in [0.2, 0.25) is 0 Å². The van der Waals surface area contributed by atoms with E-state index in [2.05, 4.69) is 12.6 Å². The molecule has 0 aliphatic carbocycles. The van der Waals surface area contributed by atoms with E-state index >= 15 is 0 Å². The zero-order chi connectivity index (χ0) is 16.7. The molecule has 0 saturated heterocycles. The Balaban J connectivity index is 2.13. The number of carbonyl (C=O) groups excluding carboxylic acids is 1. The van der Waals surface area contributed by atoms with E-state index in [1.807, 2.05) is 60.7 Å². The van der Waals surface area contributed by atoms with E-state index in [9.17, 15) is 14.7 Å². The Bertz CT molecular complexity index is 640. The number of ketones is 1. The number of hydrogen-bond donors (Lipinski definition) is 2. The van der Waals surface area contributed by atoms with Gasteiger partial charge in [0.05, 0.1) is 0 Å². The van der Waals surface area contributed by atoms with Gasteiger partial charge < -0.3 is 5.11 Å². The Hall–Kier alpha value is -2.07. The third-order valence-electron chi connectivity index (χ3n) is 3.87. The van der Waals surface area contributed by atoms with Crippen molar-refractivity contribution in [2.24, 2.45) is 11.8 Å². The molecule has 0 fully saturated rings. The van der Waals surface area contributed by atoms with Crippen molar-refractivity contribution in [3.63, 3.8) is 0 Å². The van der Waals surface area contributed by atoms with E-state index in [0.29, 0.717) is 12.2 Å². The second kappa shape index (κ2) is 8.53. The molecule has 1 N–H and O–H groups in total. The van der Waals surface area contributed by atoms with Gasteiger partial charge in [0, 0.05) is 11.7 Å². The quantitative estimate of drug-likeness (QED) is 0.577. The van der Waals surface area contributed by atoms with Gasteiger partial charge in [0.1, 0.15) is 5.92 Å². The highest BCUT2D eigenvalue weighted by atomic mass is 32.1. The molecule has 2 rings (SSSR count). The first-order valence-electron chi connectivity index (χ1n) is 7.57. The van der Waals surface area contributed by atoms with Gasteiger partial charge in [-0.05, 0) is 24.0 Å². The molecule has 120 valence electrons. The third-order valence-corrected chi connectivity index (χ3v) is 4.31. The number of thiol groups is 1. The van der Waals surface area contributed by atoms with Crippen LogP contribution in [0.2, 0.25) is 0 Å². The van der Waals surface area contributed by atoms with Crippen LogP contribution in [0.25, 0.3) is 0 Å². The van der Waals surface area contributed by atoms with Crippen LogP contribution >= 0.6 is 12.6 Å². The summed E-state index contributed by atoms with van der Waals surface area (Å²) in [5.74, 6) is -2.41. The van der Waals surface area contributed by atoms with Crippen LogP contribution in [-0.2, 0) is 22.4 Å². The molecule has 0 bridgehead atoms. The molecule has 4 heteroatoms. The van der Waals surface area contributed by atoms with Crippen molar-refractivity contribution in [2.45, 2.75) is 12.8 Å². The molecule has 3 nitrogen and oxygen atoms in total. The average Bonchev–Trinajstić information content (AvgIpc) is 2.58. The van der Waals surface area contributed by atoms with E-state index in [-0.39, 0.29) is 12.2 Å². The molecule has 2 unspecified atom stereocenters. The van der Waals surface area contributed by atoms with Gasteiger partial charge >= 0.3 is 5.97 Å². The first kappa shape index (κ1) is 17.3. The molecular formula is C19H20O3S. The van der Waals surface area contributed by atoms with Crippen LogP contribution in [0.3, 0.4) is 0 Å². The van der Waals surface area contributed by atoms with Crippen molar-refractivity contribution in [2.75, 3.05) is 5.75 Å². The minimum atomic E-state index is -1.07. The summed E-state index contributed by atoms with van der Waals surface area (Å²) in [4.78, 5) is 24.3. The maximum absolute atomic E-state index is 12.7. The van der Waals surface area contributed by atoms with Crippen molar-refractivity contribution in [1.82, 2.24) is 0 Å². The number of carboxylic acids is 1. The number of carbonyl (C=O) groups is 2. The SMILES string of the molecule is O=C(O)C(Cc1ccccc1)C(=O)C(CS)Cc1ccccc1. The van der Waals surface area contributed by atoms with Gasteiger partial charge in [-0.15, -0.1) is 0 Å². The van der Waals surface area contributed by atoms with Crippen LogP contribution in [0.15, 0.2) is 60.7 Å². The molecule has 2 aromatic rings. The molecule has 0 aliphatic heterocycles. The molecule has 0 spiro atoms. The molecule has 0 saturated carbocycles. The standard InChI is InChI=1S/C19H20O3S/c20-18(16(13-23)11-14-7-3-1-4-8-14)17(19(21)22)12-15-9-5-2-6-10-15/h1-10,16-17,23H,11-13H2,(H,21,22). The normalized spacial score (nSPS) is 13.3. The van der Waals surface area contributed by atoms with E-state index in [4.69, 9.17) is 0 Å². The zero-order valence-electron chi connectivity index (χ0n) is 12.8. The lowest BCUT2D eigenvalue weighted by molar-refractivity contribution is -0.147. The predicted molar refractivity (Wildman–Crippen MR) is 93.8 cm³/mol. The predicted octanol–water partition coefficient (Wildman–Crippen LogP) is 3.29. The van der Waals surface area contributed by atoms with Crippen molar-refractivity contribution in [3.8, 4) is 0 Å². The maximum Gasteiger partial charge on any atom is 0.314 e. The molecule has 0 aliphatic rings. The lowest BCUT2D eigenvalue weighted by Crippen LogP contribution is -2.33. The summed E-state index contributed by atoms with van der Waals surface area (Å²) in [6, 6.07) is 18.9. The summed E-state index contributed by atoms with van der Waals surface area (Å²) in [6.07, 6.45) is 0.732. The number of benzene rings is 2. The van der Waals surface area contributed by atoms with Crippen molar-refractivity contribution >= 4 is 24.4 Å². The molecule has 0 aromatic heterocycles. The highest BCUT2D eigenvalue weighted by Crippen LogP contribution is 2.19. The van der Waals surface area contributed by atoms with Gasteiger partial charge in [0.25, 0.3) is 0 Å². The molecule has 2 aromatic carbocycles.